The number of nitrogens with one attached hydrogen (secondary N) is 1. The predicted octanol–water partition coefficient (Wildman–Crippen LogP) is 1.76. The number of aromatic hydroxyl groups is 1. The number of anilines is 1. The quantitative estimate of drug-likeness (QED) is 0.0302. The van der Waals surface area contributed by atoms with E-state index in [-0.39, 0.29) is 97.6 Å². The zero-order valence-corrected chi connectivity index (χ0v) is 43.4. The number of alkyl halides is 1. The lowest BCUT2D eigenvalue weighted by molar-refractivity contribution is -0.277. The molecule has 414 valence electrons. The molecule has 2 aromatic heterocycles. The van der Waals surface area contributed by atoms with Crippen molar-refractivity contribution in [3.8, 4) is 28.7 Å². The van der Waals surface area contributed by atoms with Crippen molar-refractivity contribution < 1.29 is 85.2 Å². The summed E-state index contributed by atoms with van der Waals surface area (Å²) in [5, 5.41) is 61.2. The van der Waals surface area contributed by atoms with Crippen LogP contribution in [-0.2, 0) is 47.2 Å². The van der Waals surface area contributed by atoms with Gasteiger partial charge in [0.2, 0.25) is 6.29 Å². The van der Waals surface area contributed by atoms with Gasteiger partial charge in [0.05, 0.1) is 64.6 Å². The molecule has 27 heteroatoms. The molecule has 0 aliphatic carbocycles. The average molecular weight is 1120 g/mol. The SMILES string of the molecule is COc1ccc2c(OS(=O)(=O)Oc3cc(C(=O)N(C)CCOCCn4cc(CCOCCN5C(=O)C=CC5=O)nn4)ccc3O[C@@H]3O[C@H](CO)[C@H](O)[C@H](O)[C@H]3O)cc3c(c2c1)[C@H](CCl)CN3C(=O)c1cc2ccc(O)cc2[nH]1. The third kappa shape index (κ3) is 12.0. The van der Waals surface area contributed by atoms with Crippen LogP contribution >= 0.6 is 11.6 Å². The van der Waals surface area contributed by atoms with Gasteiger partial charge in [-0.3, -0.25) is 24.1 Å². The number of phenolic OH excluding ortho intramolecular Hbond substituents is 1. The lowest BCUT2D eigenvalue weighted by Gasteiger charge is -2.39. The fourth-order valence-electron chi connectivity index (χ4n) is 9.09. The number of likely N-dealkylation sites (N-methyl/N-ethyl adjacent to an activating group) is 1. The van der Waals surface area contributed by atoms with Crippen molar-refractivity contribution in [1.82, 2.24) is 29.8 Å². The second-order valence-corrected chi connectivity index (χ2v) is 19.8. The van der Waals surface area contributed by atoms with Crippen molar-refractivity contribution >= 4 is 73.0 Å². The lowest BCUT2D eigenvalue weighted by atomic mass is 9.95. The number of imide groups is 1. The minimum Gasteiger partial charge on any atom is -0.508 e. The molecule has 6 N–H and O–H groups in total. The zero-order chi connectivity index (χ0) is 55.4. The maximum atomic E-state index is 14.3. The van der Waals surface area contributed by atoms with Crippen LogP contribution in [0.25, 0.3) is 21.7 Å². The van der Waals surface area contributed by atoms with Crippen molar-refractivity contribution in [2.24, 2.45) is 0 Å². The number of halogens is 1. The lowest BCUT2D eigenvalue weighted by Crippen LogP contribution is -2.60. The van der Waals surface area contributed by atoms with E-state index in [0.717, 1.165) is 17.0 Å². The first-order valence-electron chi connectivity index (χ1n) is 24.4. The van der Waals surface area contributed by atoms with Gasteiger partial charge in [-0.15, -0.1) is 25.1 Å². The van der Waals surface area contributed by atoms with E-state index in [1.807, 2.05) is 0 Å². The third-order valence-corrected chi connectivity index (χ3v) is 14.3. The van der Waals surface area contributed by atoms with Gasteiger partial charge in [-0.2, -0.15) is 0 Å². The summed E-state index contributed by atoms with van der Waals surface area (Å²) < 4.78 is 69.7. The van der Waals surface area contributed by atoms with E-state index < -0.39 is 76.9 Å². The molecule has 3 aliphatic heterocycles. The summed E-state index contributed by atoms with van der Waals surface area (Å²) in [6.45, 7) is 0.542. The number of carbonyl (C=O) groups excluding carboxylic acids is 4. The summed E-state index contributed by atoms with van der Waals surface area (Å²) in [4.78, 5) is 58.4. The Morgan fingerprint density at radius 3 is 2.38 bits per heavy atom. The second kappa shape index (κ2) is 23.7. The molecule has 0 saturated carbocycles. The molecule has 25 nitrogen and oxygen atoms in total. The molecule has 6 atom stereocenters. The zero-order valence-electron chi connectivity index (χ0n) is 41.8. The van der Waals surface area contributed by atoms with Gasteiger partial charge in [0.1, 0.15) is 41.6 Å². The standard InChI is InChI=1S/C51H54ClN7O18S/c1-56(12-16-73-17-13-57-26-31(54-55-57)11-15-72-18-14-58-43(62)9-10-44(58)63)49(67)29-4-8-39(74-51-48(66)47(65)46(64)42(27-60)75-51)41(20-29)77-78(69,70)76-40-23-38-45(35-22-33(71-2)6-7-34(35)40)30(24-52)25-59(38)50(68)37-19-28-3-5-32(61)21-36(28)53-37/h3-10,19-23,26,30,42,46-48,51,53,60-61,64-66H,11-18,24-25,27H2,1-2H3/t30-,42-,46+,47+,48-,51-/m1/s1. The maximum absolute atomic E-state index is 14.3. The highest BCUT2D eigenvalue weighted by Gasteiger charge is 2.45. The van der Waals surface area contributed by atoms with Crippen molar-refractivity contribution in [1.29, 1.82) is 0 Å². The minimum atomic E-state index is -5.26. The number of benzene rings is 4. The molecule has 1 fully saturated rings. The van der Waals surface area contributed by atoms with Gasteiger partial charge in [0.25, 0.3) is 23.6 Å². The molecule has 0 spiro atoms. The summed E-state index contributed by atoms with van der Waals surface area (Å²) in [5.41, 5.74) is 2.08. The van der Waals surface area contributed by atoms with E-state index in [1.54, 1.807) is 41.2 Å². The molecule has 4 aromatic carbocycles. The van der Waals surface area contributed by atoms with Crippen LogP contribution in [0.1, 0.15) is 38.0 Å². The summed E-state index contributed by atoms with van der Waals surface area (Å²) in [6, 6.07) is 15.8. The molecule has 0 radical (unpaired) electrons. The Balaban J connectivity index is 0.906. The van der Waals surface area contributed by atoms with Gasteiger partial charge in [0.15, 0.2) is 17.2 Å². The van der Waals surface area contributed by atoms with E-state index >= 15 is 0 Å². The molecule has 4 amide bonds. The third-order valence-electron chi connectivity index (χ3n) is 13.2. The van der Waals surface area contributed by atoms with Crippen molar-refractivity contribution in [3.05, 3.63) is 108 Å². The van der Waals surface area contributed by atoms with Crippen molar-refractivity contribution in [3.63, 3.8) is 0 Å². The van der Waals surface area contributed by atoms with E-state index in [4.69, 9.17) is 43.7 Å². The molecule has 1 saturated heterocycles. The van der Waals surface area contributed by atoms with Crippen LogP contribution in [0.2, 0.25) is 0 Å². The smallest absolute Gasteiger partial charge is 0.501 e. The number of H-pyrrole nitrogens is 1. The molecule has 9 rings (SSSR count). The summed E-state index contributed by atoms with van der Waals surface area (Å²) >= 11 is 6.54. The summed E-state index contributed by atoms with van der Waals surface area (Å²) in [6.07, 6.45) is -4.18. The van der Waals surface area contributed by atoms with Gasteiger partial charge >= 0.3 is 10.4 Å². The molecular formula is C51H54ClN7O18S. The molecule has 6 aromatic rings. The molecule has 78 heavy (non-hydrogen) atoms. The average Bonchev–Trinajstić information content (AvgIpc) is 4.23. The Hall–Kier alpha value is -7.40. The predicted molar refractivity (Wildman–Crippen MR) is 275 cm³/mol. The van der Waals surface area contributed by atoms with E-state index in [9.17, 15) is 53.1 Å². The number of aromatic amines is 1. The Morgan fingerprint density at radius 1 is 0.872 bits per heavy atom. The number of rotatable bonds is 23. The highest BCUT2D eigenvalue weighted by molar-refractivity contribution is 7.82. The molecule has 0 unspecified atom stereocenters. The number of aromatic nitrogens is 4. The minimum absolute atomic E-state index is 0.0126. The monoisotopic (exact) mass is 1120 g/mol. The van der Waals surface area contributed by atoms with Crippen LogP contribution in [-0.4, -0.2) is 191 Å². The number of aliphatic hydroxyl groups excluding tert-OH is 4. The number of ether oxygens (including phenoxy) is 5. The number of methoxy groups -OCH3 is 1. The highest BCUT2D eigenvalue weighted by atomic mass is 35.5. The maximum Gasteiger partial charge on any atom is 0.501 e. The van der Waals surface area contributed by atoms with E-state index in [1.165, 1.54) is 60.4 Å². The van der Waals surface area contributed by atoms with Crippen LogP contribution in [0.5, 0.6) is 28.7 Å². The highest BCUT2D eigenvalue weighted by Crippen LogP contribution is 2.47. The fourth-order valence-corrected chi connectivity index (χ4v) is 10.1. The van der Waals surface area contributed by atoms with Crippen LogP contribution in [0, 0.1) is 0 Å². The Morgan fingerprint density at radius 2 is 1.63 bits per heavy atom. The van der Waals surface area contributed by atoms with Gasteiger partial charge in [-0.05, 0) is 65.5 Å². The summed E-state index contributed by atoms with van der Waals surface area (Å²) in [7, 11) is -2.33. The summed E-state index contributed by atoms with van der Waals surface area (Å²) in [5.74, 6) is -3.24. The van der Waals surface area contributed by atoms with Gasteiger partial charge in [0, 0.05) is 90.7 Å². The second-order valence-electron chi connectivity index (χ2n) is 18.3. The Bertz CT molecular complexity index is 3350. The first kappa shape index (κ1) is 55.4. The molecule has 3 aliphatic rings. The van der Waals surface area contributed by atoms with Crippen LogP contribution in [0.4, 0.5) is 5.69 Å². The largest absolute Gasteiger partial charge is 0.508 e. The van der Waals surface area contributed by atoms with E-state index in [0.29, 0.717) is 46.3 Å². The Labute approximate surface area is 449 Å². The van der Waals surface area contributed by atoms with Gasteiger partial charge in [-0.1, -0.05) is 5.21 Å². The molecular weight excluding hydrogens is 1070 g/mol. The number of hydrogen-bond acceptors (Lipinski definition) is 20. The Kier molecular flexibility index (Phi) is 16.8. The number of nitrogens with zero attached hydrogens (tertiary/aromatic N) is 6. The number of aliphatic hydroxyl groups is 4. The van der Waals surface area contributed by atoms with Crippen molar-refractivity contribution in [2.75, 3.05) is 77.6 Å². The first-order chi connectivity index (χ1) is 37.4. The van der Waals surface area contributed by atoms with Crippen LogP contribution in [0.3, 0.4) is 0 Å². The molecule has 5 heterocycles. The topological polar surface area (TPSA) is 324 Å². The van der Waals surface area contributed by atoms with Crippen molar-refractivity contribution in [2.45, 2.75) is 49.6 Å². The normalized spacial score (nSPS) is 20.2. The molecule has 0 bridgehead atoms. The number of fused-ring (bicyclic) bond motifs is 4. The van der Waals surface area contributed by atoms with Crippen LogP contribution < -0.4 is 22.7 Å². The van der Waals surface area contributed by atoms with Gasteiger partial charge in [-0.25, -0.2) is 4.68 Å². The number of carbonyl (C=O) groups is 4. The van der Waals surface area contributed by atoms with E-state index in [2.05, 4.69) is 15.3 Å². The van der Waals surface area contributed by atoms with Crippen LogP contribution in [0.15, 0.2) is 85.1 Å². The van der Waals surface area contributed by atoms with Gasteiger partial charge < -0.3 is 72.4 Å². The number of phenols is 1. The number of amides is 4. The number of hydrogen-bond donors (Lipinski definition) is 6. The fraction of sp³-hybridized carbons (Fsp3) is 0.373. The first-order valence-corrected chi connectivity index (χ1v) is 26.2.